The Hall–Kier alpha value is -2.09. The van der Waals surface area contributed by atoms with Crippen LogP contribution < -0.4 is 0 Å². The highest BCUT2D eigenvalue weighted by Gasteiger charge is 2.56. The number of hydrogen-bond donors (Lipinski definition) is 1. The predicted octanol–water partition coefficient (Wildman–Crippen LogP) is 6.52. The number of rotatable bonds is 10. The number of halogens is 2. The second kappa shape index (κ2) is 11.2. The standard InChI is InChI=1S/C29H35Cl2NO5S/c1-4-29(16-26(33)34)15-24(21-6-5-7-23(31)14-21)27(20-10-12-22(30)13-11-20)32(28(29)35)25(19-8-9-19)17-38(36,37)18(2)3/h5-7,10-14,18-19,24-25,27H,4,8-9,15-17H2,1-3H3,(H,33,34). The molecule has 0 spiro atoms. The third kappa shape index (κ3) is 5.90. The lowest BCUT2D eigenvalue weighted by molar-refractivity contribution is -0.162. The molecule has 1 amide bonds. The van der Waals surface area contributed by atoms with Crippen molar-refractivity contribution in [2.24, 2.45) is 11.3 Å². The molecule has 4 atom stereocenters. The molecule has 4 rings (SSSR count). The van der Waals surface area contributed by atoms with Crippen LogP contribution in [0.2, 0.25) is 10.0 Å². The first kappa shape index (κ1) is 28.9. The fourth-order valence-corrected chi connectivity index (χ4v) is 7.49. The Labute approximate surface area is 235 Å². The van der Waals surface area contributed by atoms with E-state index in [1.165, 1.54) is 0 Å². The number of sulfone groups is 1. The number of benzene rings is 2. The molecular formula is C29H35Cl2NO5S. The molecular weight excluding hydrogens is 545 g/mol. The molecule has 9 heteroatoms. The summed E-state index contributed by atoms with van der Waals surface area (Å²) < 4.78 is 26.5. The largest absolute Gasteiger partial charge is 0.481 e. The topological polar surface area (TPSA) is 91.8 Å². The molecule has 38 heavy (non-hydrogen) atoms. The van der Waals surface area contributed by atoms with Gasteiger partial charge in [-0.2, -0.15) is 0 Å². The summed E-state index contributed by atoms with van der Waals surface area (Å²) >= 11 is 12.6. The fourth-order valence-electron chi connectivity index (χ4n) is 5.87. The van der Waals surface area contributed by atoms with Gasteiger partial charge in [-0.3, -0.25) is 9.59 Å². The second-order valence-corrected chi connectivity index (χ2v) is 14.5. The van der Waals surface area contributed by atoms with Gasteiger partial charge in [0.1, 0.15) is 0 Å². The number of carboxylic acid groups (broad SMARTS) is 1. The van der Waals surface area contributed by atoms with Gasteiger partial charge in [-0.1, -0.05) is 54.4 Å². The highest BCUT2D eigenvalue weighted by Crippen LogP contribution is 2.55. The maximum Gasteiger partial charge on any atom is 0.304 e. The Morgan fingerprint density at radius 3 is 2.26 bits per heavy atom. The van der Waals surface area contributed by atoms with Crippen LogP contribution in [0, 0.1) is 11.3 Å². The molecule has 1 saturated carbocycles. The van der Waals surface area contributed by atoms with E-state index in [-0.39, 0.29) is 29.9 Å². The molecule has 2 aromatic carbocycles. The summed E-state index contributed by atoms with van der Waals surface area (Å²) in [5.74, 6) is -1.74. The van der Waals surface area contributed by atoms with Gasteiger partial charge in [0.05, 0.1) is 28.9 Å². The van der Waals surface area contributed by atoms with E-state index in [1.54, 1.807) is 36.9 Å². The van der Waals surface area contributed by atoms with Crippen molar-refractivity contribution in [1.29, 1.82) is 0 Å². The lowest BCUT2D eigenvalue weighted by atomic mass is 9.65. The highest BCUT2D eigenvalue weighted by atomic mass is 35.5. The molecule has 4 unspecified atom stereocenters. The molecule has 2 aromatic rings. The molecule has 1 aliphatic heterocycles. The molecule has 1 N–H and O–H groups in total. The molecule has 0 radical (unpaired) electrons. The van der Waals surface area contributed by atoms with Gasteiger partial charge < -0.3 is 10.0 Å². The molecule has 0 aromatic heterocycles. The molecule has 206 valence electrons. The minimum absolute atomic E-state index is 0.0415. The molecule has 1 aliphatic carbocycles. The van der Waals surface area contributed by atoms with E-state index in [2.05, 4.69) is 0 Å². The third-order valence-electron chi connectivity index (χ3n) is 8.28. The van der Waals surface area contributed by atoms with E-state index in [0.717, 1.165) is 24.0 Å². The van der Waals surface area contributed by atoms with Crippen molar-refractivity contribution in [3.8, 4) is 0 Å². The normalized spacial score (nSPS) is 25.0. The zero-order valence-corrected chi connectivity index (χ0v) is 24.3. The lowest BCUT2D eigenvalue weighted by Gasteiger charge is -2.53. The highest BCUT2D eigenvalue weighted by molar-refractivity contribution is 7.92. The van der Waals surface area contributed by atoms with Crippen LogP contribution in [-0.2, 0) is 19.4 Å². The quantitative estimate of drug-likeness (QED) is 0.345. The number of carbonyl (C=O) groups is 2. The SMILES string of the molecule is CCC1(CC(=O)O)CC(c2cccc(Cl)c2)C(c2ccc(Cl)cc2)N(C(CS(=O)(=O)C(C)C)C2CC2)C1=O. The number of nitrogens with zero attached hydrogens (tertiary/aromatic N) is 1. The van der Waals surface area contributed by atoms with Gasteiger partial charge in [-0.25, -0.2) is 8.42 Å². The first-order valence-electron chi connectivity index (χ1n) is 13.2. The number of carboxylic acids is 1. The Balaban J connectivity index is 1.96. The minimum Gasteiger partial charge on any atom is -0.481 e. The third-order valence-corrected chi connectivity index (χ3v) is 11.0. The van der Waals surface area contributed by atoms with Crippen molar-refractivity contribution in [3.63, 3.8) is 0 Å². The zero-order chi connectivity index (χ0) is 27.8. The molecule has 6 nitrogen and oxygen atoms in total. The van der Waals surface area contributed by atoms with Crippen molar-refractivity contribution in [3.05, 3.63) is 69.7 Å². The molecule has 1 saturated heterocycles. The Morgan fingerprint density at radius 2 is 1.74 bits per heavy atom. The number of likely N-dealkylation sites (tertiary alicyclic amines) is 1. The number of carbonyl (C=O) groups excluding carboxylic acids is 1. The second-order valence-electron chi connectivity index (χ2n) is 11.1. The van der Waals surface area contributed by atoms with Gasteiger partial charge in [0.25, 0.3) is 0 Å². The summed E-state index contributed by atoms with van der Waals surface area (Å²) in [4.78, 5) is 28.4. The summed E-state index contributed by atoms with van der Waals surface area (Å²) in [5, 5.41) is 10.4. The molecule has 2 fully saturated rings. The van der Waals surface area contributed by atoms with Gasteiger partial charge in [0.2, 0.25) is 5.91 Å². The maximum absolute atomic E-state index is 14.6. The van der Waals surface area contributed by atoms with E-state index in [9.17, 15) is 23.1 Å². The van der Waals surface area contributed by atoms with E-state index in [1.807, 2.05) is 37.3 Å². The first-order chi connectivity index (χ1) is 17.9. The predicted molar refractivity (Wildman–Crippen MR) is 150 cm³/mol. The van der Waals surface area contributed by atoms with E-state index >= 15 is 0 Å². The van der Waals surface area contributed by atoms with Crippen LogP contribution in [0.4, 0.5) is 0 Å². The summed E-state index contributed by atoms with van der Waals surface area (Å²) in [6, 6.07) is 13.7. The van der Waals surface area contributed by atoms with Crippen LogP contribution in [-0.4, -0.2) is 47.3 Å². The summed E-state index contributed by atoms with van der Waals surface area (Å²) in [6.07, 6.45) is 1.97. The Kier molecular flexibility index (Phi) is 8.51. The van der Waals surface area contributed by atoms with Gasteiger partial charge >= 0.3 is 5.97 Å². The van der Waals surface area contributed by atoms with Crippen molar-refractivity contribution in [2.45, 2.75) is 76.1 Å². The smallest absolute Gasteiger partial charge is 0.304 e. The number of hydrogen-bond acceptors (Lipinski definition) is 4. The van der Waals surface area contributed by atoms with Crippen molar-refractivity contribution < 1.29 is 23.1 Å². The van der Waals surface area contributed by atoms with Crippen LogP contribution in [0.15, 0.2) is 48.5 Å². The number of amides is 1. The summed E-state index contributed by atoms with van der Waals surface area (Å²) in [6.45, 7) is 5.15. The minimum atomic E-state index is -3.50. The van der Waals surface area contributed by atoms with E-state index < -0.39 is 38.6 Å². The fraction of sp³-hybridized carbons (Fsp3) is 0.517. The van der Waals surface area contributed by atoms with Crippen LogP contribution >= 0.6 is 23.2 Å². The molecule has 1 heterocycles. The van der Waals surface area contributed by atoms with Crippen LogP contribution in [0.3, 0.4) is 0 Å². The Bertz CT molecular complexity index is 1290. The van der Waals surface area contributed by atoms with Gasteiger partial charge in [-0.05, 0) is 80.8 Å². The average molecular weight is 581 g/mol. The van der Waals surface area contributed by atoms with Crippen molar-refractivity contribution in [2.75, 3.05) is 5.75 Å². The number of piperidine rings is 1. The monoisotopic (exact) mass is 579 g/mol. The number of aliphatic carboxylic acids is 1. The van der Waals surface area contributed by atoms with Gasteiger partial charge in [0.15, 0.2) is 9.84 Å². The summed E-state index contributed by atoms with van der Waals surface area (Å²) in [7, 11) is -3.50. The molecule has 0 bridgehead atoms. The maximum atomic E-state index is 14.6. The lowest BCUT2D eigenvalue weighted by Crippen LogP contribution is -2.59. The van der Waals surface area contributed by atoms with E-state index in [4.69, 9.17) is 23.2 Å². The Morgan fingerprint density at radius 1 is 1.08 bits per heavy atom. The van der Waals surface area contributed by atoms with Crippen LogP contribution in [0.5, 0.6) is 0 Å². The van der Waals surface area contributed by atoms with Gasteiger partial charge in [-0.15, -0.1) is 0 Å². The summed E-state index contributed by atoms with van der Waals surface area (Å²) in [5.41, 5.74) is 0.552. The van der Waals surface area contributed by atoms with Crippen molar-refractivity contribution in [1.82, 2.24) is 4.90 Å². The van der Waals surface area contributed by atoms with Gasteiger partial charge in [0, 0.05) is 22.0 Å². The zero-order valence-electron chi connectivity index (χ0n) is 21.9. The van der Waals surface area contributed by atoms with Crippen molar-refractivity contribution >= 4 is 44.9 Å². The van der Waals surface area contributed by atoms with Crippen LogP contribution in [0.1, 0.15) is 76.0 Å². The van der Waals surface area contributed by atoms with E-state index in [0.29, 0.717) is 22.9 Å². The first-order valence-corrected chi connectivity index (χ1v) is 15.6. The average Bonchev–Trinajstić information content (AvgIpc) is 3.69. The molecule has 2 aliphatic rings. The van der Waals surface area contributed by atoms with Crippen LogP contribution in [0.25, 0.3) is 0 Å².